The molecular formula is C17H27N3O2. The van der Waals surface area contributed by atoms with Crippen molar-refractivity contribution < 1.29 is 9.59 Å². The molecule has 122 valence electrons. The zero-order chi connectivity index (χ0) is 16.6. The van der Waals surface area contributed by atoms with Crippen LogP contribution in [0, 0.1) is 5.41 Å². The SMILES string of the molecule is CN(CCc1ccccn1)C(=O)CCCNC(=O)C(C)(C)C. The van der Waals surface area contributed by atoms with E-state index >= 15 is 0 Å². The molecule has 0 aliphatic heterocycles. The van der Waals surface area contributed by atoms with Crippen LogP contribution in [0.4, 0.5) is 0 Å². The summed E-state index contributed by atoms with van der Waals surface area (Å²) in [6.45, 7) is 6.82. The number of aromatic nitrogens is 1. The molecule has 5 heteroatoms. The van der Waals surface area contributed by atoms with E-state index in [-0.39, 0.29) is 17.2 Å². The summed E-state index contributed by atoms with van der Waals surface area (Å²) in [6, 6.07) is 5.78. The monoisotopic (exact) mass is 305 g/mol. The van der Waals surface area contributed by atoms with E-state index in [2.05, 4.69) is 10.3 Å². The van der Waals surface area contributed by atoms with Crippen LogP contribution >= 0.6 is 0 Å². The predicted molar refractivity (Wildman–Crippen MR) is 87.3 cm³/mol. The van der Waals surface area contributed by atoms with E-state index < -0.39 is 0 Å². The molecule has 0 aromatic carbocycles. The van der Waals surface area contributed by atoms with Gasteiger partial charge in [0, 0.05) is 50.3 Å². The Morgan fingerprint density at radius 2 is 2.00 bits per heavy atom. The highest BCUT2D eigenvalue weighted by Gasteiger charge is 2.20. The van der Waals surface area contributed by atoms with Crippen LogP contribution in [0.3, 0.4) is 0 Å². The maximum Gasteiger partial charge on any atom is 0.225 e. The minimum absolute atomic E-state index is 0.0171. The van der Waals surface area contributed by atoms with Crippen LogP contribution in [-0.2, 0) is 16.0 Å². The van der Waals surface area contributed by atoms with Crippen molar-refractivity contribution in [2.24, 2.45) is 5.41 Å². The maximum atomic E-state index is 12.0. The molecule has 0 saturated carbocycles. The van der Waals surface area contributed by atoms with Crippen LogP contribution in [-0.4, -0.2) is 41.8 Å². The Labute approximate surface area is 133 Å². The third kappa shape index (κ3) is 6.70. The summed E-state index contributed by atoms with van der Waals surface area (Å²) in [7, 11) is 1.80. The van der Waals surface area contributed by atoms with Gasteiger partial charge in [-0.2, -0.15) is 0 Å². The highest BCUT2D eigenvalue weighted by Crippen LogP contribution is 2.12. The minimum atomic E-state index is -0.385. The van der Waals surface area contributed by atoms with Crippen molar-refractivity contribution in [3.8, 4) is 0 Å². The molecule has 0 atom stereocenters. The van der Waals surface area contributed by atoms with Crippen molar-refractivity contribution in [2.45, 2.75) is 40.0 Å². The second-order valence-corrected chi connectivity index (χ2v) is 6.50. The third-order valence-electron chi connectivity index (χ3n) is 3.39. The molecule has 0 unspecified atom stereocenters. The molecule has 1 rings (SSSR count). The van der Waals surface area contributed by atoms with E-state index in [0.29, 0.717) is 25.9 Å². The molecule has 5 nitrogen and oxygen atoms in total. The zero-order valence-electron chi connectivity index (χ0n) is 14.1. The van der Waals surface area contributed by atoms with Gasteiger partial charge in [-0.15, -0.1) is 0 Å². The predicted octanol–water partition coefficient (Wildman–Crippen LogP) is 2.02. The molecule has 1 aromatic heterocycles. The van der Waals surface area contributed by atoms with Crippen molar-refractivity contribution in [1.29, 1.82) is 0 Å². The Kier molecular flexibility index (Phi) is 7.02. The van der Waals surface area contributed by atoms with Crippen molar-refractivity contribution in [3.05, 3.63) is 30.1 Å². The van der Waals surface area contributed by atoms with E-state index in [9.17, 15) is 9.59 Å². The largest absolute Gasteiger partial charge is 0.356 e. The number of carbonyl (C=O) groups is 2. The lowest BCUT2D eigenvalue weighted by molar-refractivity contribution is -0.131. The molecular weight excluding hydrogens is 278 g/mol. The number of pyridine rings is 1. The molecule has 0 saturated heterocycles. The number of nitrogens with zero attached hydrogens (tertiary/aromatic N) is 2. The van der Waals surface area contributed by atoms with E-state index in [1.165, 1.54) is 0 Å². The van der Waals surface area contributed by atoms with Gasteiger partial charge in [0.1, 0.15) is 0 Å². The lowest BCUT2D eigenvalue weighted by atomic mass is 9.96. The molecule has 0 spiro atoms. The van der Waals surface area contributed by atoms with Crippen LogP contribution in [0.25, 0.3) is 0 Å². The Hall–Kier alpha value is -1.91. The number of nitrogens with one attached hydrogen (secondary N) is 1. The number of likely N-dealkylation sites (N-methyl/N-ethyl adjacent to an activating group) is 1. The van der Waals surface area contributed by atoms with Gasteiger partial charge >= 0.3 is 0 Å². The van der Waals surface area contributed by atoms with Gasteiger partial charge in [-0.1, -0.05) is 26.8 Å². The highest BCUT2D eigenvalue weighted by molar-refractivity contribution is 5.81. The summed E-state index contributed by atoms with van der Waals surface area (Å²) in [5.41, 5.74) is 0.600. The number of hydrogen-bond acceptors (Lipinski definition) is 3. The molecule has 1 heterocycles. The highest BCUT2D eigenvalue weighted by atomic mass is 16.2. The van der Waals surface area contributed by atoms with Gasteiger partial charge in [-0.05, 0) is 18.6 Å². The van der Waals surface area contributed by atoms with Crippen LogP contribution in [0.2, 0.25) is 0 Å². The Bertz CT molecular complexity index is 480. The number of hydrogen-bond donors (Lipinski definition) is 1. The van der Waals surface area contributed by atoms with Crippen LogP contribution in [0.5, 0.6) is 0 Å². The van der Waals surface area contributed by atoms with Crippen molar-refractivity contribution >= 4 is 11.8 Å². The first-order valence-electron chi connectivity index (χ1n) is 7.73. The average molecular weight is 305 g/mol. The molecule has 0 aliphatic carbocycles. The maximum absolute atomic E-state index is 12.0. The topological polar surface area (TPSA) is 62.3 Å². The Balaban J connectivity index is 2.20. The van der Waals surface area contributed by atoms with Gasteiger partial charge in [-0.25, -0.2) is 0 Å². The molecule has 0 aliphatic rings. The van der Waals surface area contributed by atoms with Gasteiger partial charge in [0.25, 0.3) is 0 Å². The van der Waals surface area contributed by atoms with E-state index in [0.717, 1.165) is 12.1 Å². The van der Waals surface area contributed by atoms with E-state index in [1.54, 1.807) is 18.1 Å². The molecule has 0 bridgehead atoms. The molecule has 22 heavy (non-hydrogen) atoms. The van der Waals surface area contributed by atoms with E-state index in [1.807, 2.05) is 39.0 Å². The molecule has 2 amide bonds. The second-order valence-electron chi connectivity index (χ2n) is 6.50. The third-order valence-corrected chi connectivity index (χ3v) is 3.39. The van der Waals surface area contributed by atoms with Crippen LogP contribution < -0.4 is 5.32 Å². The smallest absolute Gasteiger partial charge is 0.225 e. The summed E-state index contributed by atoms with van der Waals surface area (Å²) >= 11 is 0. The van der Waals surface area contributed by atoms with Crippen LogP contribution in [0.15, 0.2) is 24.4 Å². The van der Waals surface area contributed by atoms with Gasteiger partial charge in [0.2, 0.25) is 11.8 Å². The standard InChI is InChI=1S/C17H27N3O2/c1-17(2,3)16(22)19-12-7-9-15(21)20(4)13-10-14-8-5-6-11-18-14/h5-6,8,11H,7,9-10,12-13H2,1-4H3,(H,19,22). The molecule has 0 fully saturated rings. The first-order chi connectivity index (χ1) is 10.3. The average Bonchev–Trinajstić information content (AvgIpc) is 2.48. The van der Waals surface area contributed by atoms with Gasteiger partial charge < -0.3 is 10.2 Å². The first-order valence-corrected chi connectivity index (χ1v) is 7.73. The summed E-state index contributed by atoms with van der Waals surface area (Å²) in [4.78, 5) is 29.7. The normalized spacial score (nSPS) is 11.1. The van der Waals surface area contributed by atoms with Crippen molar-refractivity contribution in [1.82, 2.24) is 15.2 Å². The quantitative estimate of drug-likeness (QED) is 0.784. The Morgan fingerprint density at radius 3 is 2.59 bits per heavy atom. The van der Waals surface area contributed by atoms with Crippen LogP contribution in [0.1, 0.15) is 39.3 Å². The van der Waals surface area contributed by atoms with Crippen molar-refractivity contribution in [3.63, 3.8) is 0 Å². The second kappa shape index (κ2) is 8.51. The van der Waals surface area contributed by atoms with Gasteiger partial charge in [0.05, 0.1) is 0 Å². The first kappa shape index (κ1) is 18.1. The minimum Gasteiger partial charge on any atom is -0.356 e. The van der Waals surface area contributed by atoms with Crippen molar-refractivity contribution in [2.75, 3.05) is 20.1 Å². The molecule has 0 radical (unpaired) electrons. The summed E-state index contributed by atoms with van der Waals surface area (Å²) in [5.74, 6) is 0.115. The zero-order valence-corrected chi connectivity index (χ0v) is 14.1. The summed E-state index contributed by atoms with van der Waals surface area (Å²) < 4.78 is 0. The van der Waals surface area contributed by atoms with E-state index in [4.69, 9.17) is 0 Å². The molecule has 1 N–H and O–H groups in total. The fraction of sp³-hybridized carbons (Fsp3) is 0.588. The fourth-order valence-corrected chi connectivity index (χ4v) is 1.85. The lowest BCUT2D eigenvalue weighted by Gasteiger charge is -2.19. The Morgan fingerprint density at radius 1 is 1.27 bits per heavy atom. The number of amides is 2. The fourth-order valence-electron chi connectivity index (χ4n) is 1.85. The molecule has 1 aromatic rings. The number of carbonyl (C=O) groups excluding carboxylic acids is 2. The van der Waals surface area contributed by atoms with Gasteiger partial charge in [-0.3, -0.25) is 14.6 Å². The summed E-state index contributed by atoms with van der Waals surface area (Å²) in [6.07, 6.45) is 3.62. The number of rotatable bonds is 7. The lowest BCUT2D eigenvalue weighted by Crippen LogP contribution is -2.36. The van der Waals surface area contributed by atoms with Gasteiger partial charge in [0.15, 0.2) is 0 Å². The summed E-state index contributed by atoms with van der Waals surface area (Å²) in [5, 5.41) is 2.86.